The number of aliphatic hydroxyl groups is 1. The fourth-order valence-electron chi connectivity index (χ4n) is 2.09. The SMILES string of the molecule is CN(C(=O)O)C1CCC(/C=C/CO)CC1. The fraction of sp³-hybridized carbons (Fsp3) is 0.727. The maximum Gasteiger partial charge on any atom is 0.407 e. The molecule has 0 aliphatic heterocycles. The standard InChI is InChI=1S/C11H19NO3/c1-12(11(14)15)10-6-4-9(5-7-10)3-2-8-13/h2-3,9-10,13H,4-8H2,1H3,(H,14,15)/b3-2+. The van der Waals surface area contributed by atoms with Crippen molar-refractivity contribution in [3.05, 3.63) is 12.2 Å². The first-order valence-corrected chi connectivity index (χ1v) is 5.38. The number of rotatable bonds is 3. The first kappa shape index (κ1) is 12.0. The molecule has 1 fully saturated rings. The highest BCUT2D eigenvalue weighted by Gasteiger charge is 2.24. The molecule has 0 aromatic heterocycles. The Balaban J connectivity index is 2.35. The molecule has 86 valence electrons. The molecule has 0 spiro atoms. The third kappa shape index (κ3) is 3.55. The van der Waals surface area contributed by atoms with Crippen molar-refractivity contribution in [2.24, 2.45) is 5.92 Å². The minimum absolute atomic E-state index is 0.0922. The summed E-state index contributed by atoms with van der Waals surface area (Å²) in [7, 11) is 1.64. The van der Waals surface area contributed by atoms with E-state index in [-0.39, 0.29) is 12.6 Å². The van der Waals surface area contributed by atoms with E-state index in [0.29, 0.717) is 5.92 Å². The highest BCUT2D eigenvalue weighted by Crippen LogP contribution is 2.27. The minimum atomic E-state index is -0.843. The van der Waals surface area contributed by atoms with E-state index in [1.165, 1.54) is 4.90 Å². The summed E-state index contributed by atoms with van der Waals surface area (Å²) in [6.45, 7) is 0.0922. The van der Waals surface area contributed by atoms with Crippen molar-refractivity contribution < 1.29 is 15.0 Å². The normalized spacial score (nSPS) is 26.8. The van der Waals surface area contributed by atoms with Gasteiger partial charge in [-0.2, -0.15) is 0 Å². The van der Waals surface area contributed by atoms with Gasteiger partial charge in [-0.15, -0.1) is 0 Å². The average Bonchev–Trinajstić information content (AvgIpc) is 2.26. The first-order chi connectivity index (χ1) is 7.15. The summed E-state index contributed by atoms with van der Waals surface area (Å²) in [4.78, 5) is 12.1. The fourth-order valence-corrected chi connectivity index (χ4v) is 2.09. The van der Waals surface area contributed by atoms with Crippen molar-refractivity contribution in [3.8, 4) is 0 Å². The minimum Gasteiger partial charge on any atom is -0.465 e. The van der Waals surface area contributed by atoms with E-state index in [1.54, 1.807) is 13.1 Å². The van der Waals surface area contributed by atoms with Gasteiger partial charge in [0.25, 0.3) is 0 Å². The molecule has 1 amide bonds. The van der Waals surface area contributed by atoms with Gasteiger partial charge in [0.15, 0.2) is 0 Å². The van der Waals surface area contributed by atoms with Crippen LogP contribution in [-0.4, -0.2) is 40.9 Å². The van der Waals surface area contributed by atoms with Crippen molar-refractivity contribution in [1.82, 2.24) is 4.90 Å². The van der Waals surface area contributed by atoms with Crippen LogP contribution in [0, 0.1) is 5.92 Å². The van der Waals surface area contributed by atoms with E-state index >= 15 is 0 Å². The first-order valence-electron chi connectivity index (χ1n) is 5.38. The zero-order chi connectivity index (χ0) is 11.3. The third-order valence-corrected chi connectivity index (χ3v) is 3.10. The zero-order valence-corrected chi connectivity index (χ0v) is 9.09. The Bertz CT molecular complexity index is 232. The van der Waals surface area contributed by atoms with Crippen molar-refractivity contribution >= 4 is 6.09 Å². The van der Waals surface area contributed by atoms with Gasteiger partial charge in [0.1, 0.15) is 0 Å². The number of nitrogens with zero attached hydrogens (tertiary/aromatic N) is 1. The number of hydrogen-bond donors (Lipinski definition) is 2. The van der Waals surface area contributed by atoms with E-state index in [0.717, 1.165) is 25.7 Å². The highest BCUT2D eigenvalue weighted by atomic mass is 16.4. The van der Waals surface area contributed by atoms with Gasteiger partial charge in [-0.25, -0.2) is 4.79 Å². The molecule has 1 rings (SSSR count). The van der Waals surface area contributed by atoms with Gasteiger partial charge in [-0.05, 0) is 31.6 Å². The molecule has 0 aromatic rings. The van der Waals surface area contributed by atoms with Crippen LogP contribution in [0.4, 0.5) is 4.79 Å². The van der Waals surface area contributed by atoms with Gasteiger partial charge in [0.05, 0.1) is 6.61 Å². The molecule has 0 radical (unpaired) electrons. The van der Waals surface area contributed by atoms with Crippen molar-refractivity contribution in [2.75, 3.05) is 13.7 Å². The molecule has 2 N–H and O–H groups in total. The second-order valence-electron chi connectivity index (χ2n) is 4.07. The van der Waals surface area contributed by atoms with E-state index in [1.807, 2.05) is 6.08 Å². The van der Waals surface area contributed by atoms with E-state index in [4.69, 9.17) is 10.2 Å². The van der Waals surface area contributed by atoms with Gasteiger partial charge < -0.3 is 15.1 Å². The van der Waals surface area contributed by atoms with Crippen LogP contribution in [0.5, 0.6) is 0 Å². The molecular weight excluding hydrogens is 194 g/mol. The lowest BCUT2D eigenvalue weighted by Crippen LogP contribution is -2.38. The maximum absolute atomic E-state index is 10.7. The summed E-state index contributed by atoms with van der Waals surface area (Å²) in [5.41, 5.74) is 0. The molecule has 0 unspecified atom stereocenters. The third-order valence-electron chi connectivity index (χ3n) is 3.10. The second kappa shape index (κ2) is 5.75. The van der Waals surface area contributed by atoms with E-state index in [9.17, 15) is 4.79 Å². The summed E-state index contributed by atoms with van der Waals surface area (Å²) in [6, 6.07) is 0.168. The zero-order valence-electron chi connectivity index (χ0n) is 9.09. The van der Waals surface area contributed by atoms with Gasteiger partial charge in [0.2, 0.25) is 0 Å². The summed E-state index contributed by atoms with van der Waals surface area (Å²) >= 11 is 0. The molecule has 4 heteroatoms. The lowest BCUT2D eigenvalue weighted by molar-refractivity contribution is 0.122. The molecule has 1 saturated carbocycles. The van der Waals surface area contributed by atoms with Gasteiger partial charge in [-0.3, -0.25) is 0 Å². The Hall–Kier alpha value is -1.03. The number of carboxylic acid groups (broad SMARTS) is 1. The summed E-state index contributed by atoms with van der Waals surface area (Å²) in [5.74, 6) is 0.510. The van der Waals surface area contributed by atoms with Crippen molar-refractivity contribution in [2.45, 2.75) is 31.7 Å². The molecule has 0 saturated heterocycles. The molecule has 0 heterocycles. The lowest BCUT2D eigenvalue weighted by atomic mass is 9.85. The van der Waals surface area contributed by atoms with Crippen LogP contribution in [0.2, 0.25) is 0 Å². The Morgan fingerprint density at radius 2 is 2.00 bits per heavy atom. The second-order valence-corrected chi connectivity index (χ2v) is 4.07. The Kier molecular flexibility index (Phi) is 4.62. The van der Waals surface area contributed by atoms with Gasteiger partial charge >= 0.3 is 6.09 Å². The smallest absolute Gasteiger partial charge is 0.407 e. The summed E-state index contributed by atoms with van der Waals surface area (Å²) in [6.07, 6.45) is 6.83. The number of hydrogen-bond acceptors (Lipinski definition) is 2. The van der Waals surface area contributed by atoms with Gasteiger partial charge in [-0.1, -0.05) is 12.2 Å². The topological polar surface area (TPSA) is 60.8 Å². The summed E-state index contributed by atoms with van der Waals surface area (Å²) in [5, 5.41) is 17.5. The summed E-state index contributed by atoms with van der Waals surface area (Å²) < 4.78 is 0. The number of amides is 1. The average molecular weight is 213 g/mol. The molecule has 1 aliphatic carbocycles. The molecule has 0 atom stereocenters. The highest BCUT2D eigenvalue weighted by molar-refractivity contribution is 5.64. The maximum atomic E-state index is 10.7. The lowest BCUT2D eigenvalue weighted by Gasteiger charge is -2.32. The Morgan fingerprint density at radius 3 is 2.47 bits per heavy atom. The van der Waals surface area contributed by atoms with Crippen LogP contribution < -0.4 is 0 Å². The largest absolute Gasteiger partial charge is 0.465 e. The quantitative estimate of drug-likeness (QED) is 0.701. The number of allylic oxidation sites excluding steroid dienone is 1. The molecule has 15 heavy (non-hydrogen) atoms. The number of carbonyl (C=O) groups is 1. The van der Waals surface area contributed by atoms with E-state index in [2.05, 4.69) is 0 Å². The van der Waals surface area contributed by atoms with Crippen molar-refractivity contribution in [1.29, 1.82) is 0 Å². The number of aliphatic hydroxyl groups excluding tert-OH is 1. The van der Waals surface area contributed by atoms with Crippen LogP contribution in [0.1, 0.15) is 25.7 Å². The predicted octanol–water partition coefficient (Wildman–Crippen LogP) is 1.70. The molecule has 1 aliphatic rings. The van der Waals surface area contributed by atoms with Crippen LogP contribution in [0.3, 0.4) is 0 Å². The molecule has 0 aromatic carbocycles. The molecular formula is C11H19NO3. The van der Waals surface area contributed by atoms with E-state index < -0.39 is 6.09 Å². The van der Waals surface area contributed by atoms with Crippen LogP contribution in [0.15, 0.2) is 12.2 Å². The Morgan fingerprint density at radius 1 is 1.40 bits per heavy atom. The van der Waals surface area contributed by atoms with Crippen LogP contribution in [0.25, 0.3) is 0 Å². The van der Waals surface area contributed by atoms with Gasteiger partial charge in [0, 0.05) is 13.1 Å². The molecule has 4 nitrogen and oxygen atoms in total. The Labute approximate surface area is 90.2 Å². The van der Waals surface area contributed by atoms with Crippen molar-refractivity contribution in [3.63, 3.8) is 0 Å². The predicted molar refractivity (Wildman–Crippen MR) is 57.8 cm³/mol. The van der Waals surface area contributed by atoms with Crippen LogP contribution in [-0.2, 0) is 0 Å². The monoisotopic (exact) mass is 213 g/mol. The molecule has 0 bridgehead atoms. The van der Waals surface area contributed by atoms with Crippen LogP contribution >= 0.6 is 0 Å².